The van der Waals surface area contributed by atoms with Crippen molar-refractivity contribution in [1.82, 2.24) is 10.2 Å². The van der Waals surface area contributed by atoms with E-state index >= 15 is 0 Å². The highest BCUT2D eigenvalue weighted by Gasteiger charge is 2.22. The summed E-state index contributed by atoms with van der Waals surface area (Å²) >= 11 is 0. The Morgan fingerprint density at radius 1 is 1.33 bits per heavy atom. The van der Waals surface area contributed by atoms with E-state index in [1.54, 1.807) is 7.11 Å². The minimum absolute atomic E-state index is 0.654. The van der Waals surface area contributed by atoms with Gasteiger partial charge in [0.15, 0.2) is 11.5 Å². The van der Waals surface area contributed by atoms with E-state index in [9.17, 15) is 0 Å². The molecule has 118 valence electrons. The fourth-order valence-electron chi connectivity index (χ4n) is 3.12. The van der Waals surface area contributed by atoms with Gasteiger partial charge in [0, 0.05) is 24.7 Å². The zero-order chi connectivity index (χ0) is 15.1. The van der Waals surface area contributed by atoms with Crippen molar-refractivity contribution in [3.8, 4) is 11.5 Å². The maximum atomic E-state index is 5.62. The number of nitrogens with one attached hydrogen (secondary N) is 1. The van der Waals surface area contributed by atoms with E-state index in [0.717, 1.165) is 36.7 Å². The van der Waals surface area contributed by atoms with Crippen LogP contribution in [0.5, 0.6) is 11.5 Å². The molecule has 0 saturated carbocycles. The summed E-state index contributed by atoms with van der Waals surface area (Å²) in [5, 5.41) is 3.57. The summed E-state index contributed by atoms with van der Waals surface area (Å²) in [6, 6.07) is 6.76. The lowest BCUT2D eigenvalue weighted by Gasteiger charge is -2.23. The van der Waals surface area contributed by atoms with Gasteiger partial charge >= 0.3 is 0 Å². The summed E-state index contributed by atoms with van der Waals surface area (Å²) in [4.78, 5) is 2.56. The van der Waals surface area contributed by atoms with E-state index < -0.39 is 0 Å². The van der Waals surface area contributed by atoms with E-state index in [2.05, 4.69) is 23.2 Å². The molecule has 1 fully saturated rings. The predicted octanol–water partition coefficient (Wildman–Crippen LogP) is 2.67. The van der Waals surface area contributed by atoms with E-state index in [0.29, 0.717) is 12.6 Å². The van der Waals surface area contributed by atoms with Gasteiger partial charge in [-0.15, -0.1) is 0 Å². The van der Waals surface area contributed by atoms with Crippen molar-refractivity contribution in [3.63, 3.8) is 0 Å². The summed E-state index contributed by atoms with van der Waals surface area (Å²) < 4.78 is 11.1. The quantitative estimate of drug-likeness (QED) is 0.799. The molecular formula is C17H28N2O2. The second-order valence-corrected chi connectivity index (χ2v) is 5.44. The first-order valence-electron chi connectivity index (χ1n) is 8.03. The van der Waals surface area contributed by atoms with Gasteiger partial charge < -0.3 is 14.8 Å². The average molecular weight is 292 g/mol. The number of likely N-dealkylation sites (tertiary alicyclic amines) is 1. The number of hydrogen-bond acceptors (Lipinski definition) is 4. The van der Waals surface area contributed by atoms with Crippen LogP contribution in [0.4, 0.5) is 0 Å². The van der Waals surface area contributed by atoms with Crippen molar-refractivity contribution in [1.29, 1.82) is 0 Å². The van der Waals surface area contributed by atoms with Gasteiger partial charge in [0.2, 0.25) is 0 Å². The molecule has 1 saturated heterocycles. The number of nitrogens with zero attached hydrogens (tertiary/aromatic N) is 1. The highest BCUT2D eigenvalue weighted by molar-refractivity contribution is 5.46. The number of para-hydroxylation sites is 1. The van der Waals surface area contributed by atoms with E-state index in [1.165, 1.54) is 19.4 Å². The molecule has 1 aromatic carbocycles. The first-order valence-corrected chi connectivity index (χ1v) is 8.03. The largest absolute Gasteiger partial charge is 0.493 e. The van der Waals surface area contributed by atoms with Crippen molar-refractivity contribution in [2.75, 3.05) is 33.4 Å². The van der Waals surface area contributed by atoms with Gasteiger partial charge in [0.05, 0.1) is 13.7 Å². The second-order valence-electron chi connectivity index (χ2n) is 5.44. The molecule has 1 aliphatic rings. The third-order valence-corrected chi connectivity index (χ3v) is 4.17. The first kappa shape index (κ1) is 16.1. The number of benzene rings is 1. The molecule has 4 nitrogen and oxygen atoms in total. The lowest BCUT2D eigenvalue weighted by Crippen LogP contribution is -2.37. The van der Waals surface area contributed by atoms with Gasteiger partial charge in [-0.25, -0.2) is 0 Å². The molecule has 0 bridgehead atoms. The van der Waals surface area contributed by atoms with Crippen LogP contribution in [-0.2, 0) is 6.54 Å². The molecule has 0 amide bonds. The van der Waals surface area contributed by atoms with Gasteiger partial charge in [0.25, 0.3) is 0 Å². The van der Waals surface area contributed by atoms with Crippen LogP contribution < -0.4 is 14.8 Å². The smallest absolute Gasteiger partial charge is 0.165 e. The van der Waals surface area contributed by atoms with Crippen LogP contribution >= 0.6 is 0 Å². The second kappa shape index (κ2) is 8.25. The van der Waals surface area contributed by atoms with E-state index in [4.69, 9.17) is 9.47 Å². The molecule has 1 heterocycles. The Balaban J connectivity index is 1.92. The number of hydrogen-bond donors (Lipinski definition) is 1. The molecule has 0 aromatic heterocycles. The van der Waals surface area contributed by atoms with Crippen LogP contribution in [0.25, 0.3) is 0 Å². The fraction of sp³-hybridized carbons (Fsp3) is 0.647. The maximum absolute atomic E-state index is 5.62. The molecule has 4 heteroatoms. The molecule has 2 rings (SSSR count). The van der Waals surface area contributed by atoms with Crippen LogP contribution in [0.15, 0.2) is 18.2 Å². The van der Waals surface area contributed by atoms with Crippen molar-refractivity contribution in [3.05, 3.63) is 23.8 Å². The highest BCUT2D eigenvalue weighted by Crippen LogP contribution is 2.31. The first-order chi connectivity index (χ1) is 10.3. The topological polar surface area (TPSA) is 33.7 Å². The van der Waals surface area contributed by atoms with Crippen molar-refractivity contribution in [2.45, 2.75) is 39.3 Å². The lowest BCUT2D eigenvalue weighted by atomic mass is 10.1. The Labute approximate surface area is 128 Å². The standard InChI is InChI=1S/C17H28N2O2/c1-4-19-11-7-9-15(19)13-18-12-14-8-6-10-16(21-5-2)17(14)20-3/h6,8,10,15,18H,4-5,7,9,11-13H2,1-3H3. The summed E-state index contributed by atoms with van der Waals surface area (Å²) in [5.41, 5.74) is 1.16. The zero-order valence-electron chi connectivity index (χ0n) is 13.5. The van der Waals surface area contributed by atoms with Gasteiger partial charge in [0.1, 0.15) is 0 Å². The fourth-order valence-corrected chi connectivity index (χ4v) is 3.12. The van der Waals surface area contributed by atoms with Gasteiger partial charge in [-0.1, -0.05) is 19.1 Å². The molecule has 1 aliphatic heterocycles. The maximum Gasteiger partial charge on any atom is 0.165 e. The third kappa shape index (κ3) is 4.11. The van der Waals surface area contributed by atoms with E-state index in [-0.39, 0.29) is 0 Å². The Morgan fingerprint density at radius 3 is 2.90 bits per heavy atom. The predicted molar refractivity (Wildman–Crippen MR) is 86.1 cm³/mol. The molecule has 1 unspecified atom stereocenters. The molecule has 1 atom stereocenters. The zero-order valence-corrected chi connectivity index (χ0v) is 13.5. The highest BCUT2D eigenvalue weighted by atomic mass is 16.5. The number of rotatable bonds is 8. The van der Waals surface area contributed by atoms with Crippen LogP contribution in [0, 0.1) is 0 Å². The van der Waals surface area contributed by atoms with Crippen molar-refractivity contribution >= 4 is 0 Å². The lowest BCUT2D eigenvalue weighted by molar-refractivity contribution is 0.259. The number of likely N-dealkylation sites (N-methyl/N-ethyl adjacent to an activating group) is 1. The Hall–Kier alpha value is -1.26. The van der Waals surface area contributed by atoms with Crippen LogP contribution in [0.3, 0.4) is 0 Å². The monoisotopic (exact) mass is 292 g/mol. The molecule has 0 spiro atoms. The minimum Gasteiger partial charge on any atom is -0.493 e. The molecule has 21 heavy (non-hydrogen) atoms. The molecule has 1 aromatic rings. The third-order valence-electron chi connectivity index (χ3n) is 4.17. The molecular weight excluding hydrogens is 264 g/mol. The molecule has 1 N–H and O–H groups in total. The van der Waals surface area contributed by atoms with Crippen LogP contribution in [0.1, 0.15) is 32.3 Å². The van der Waals surface area contributed by atoms with Crippen LogP contribution in [-0.4, -0.2) is 44.3 Å². The SMILES string of the molecule is CCOc1cccc(CNCC2CCCN2CC)c1OC. The Morgan fingerprint density at radius 2 is 2.19 bits per heavy atom. The summed E-state index contributed by atoms with van der Waals surface area (Å²) in [5.74, 6) is 1.68. The van der Waals surface area contributed by atoms with E-state index in [1.807, 2.05) is 19.1 Å². The van der Waals surface area contributed by atoms with Crippen LogP contribution in [0.2, 0.25) is 0 Å². The number of methoxy groups -OCH3 is 1. The van der Waals surface area contributed by atoms with Gasteiger partial charge in [-0.3, -0.25) is 4.90 Å². The Kier molecular flexibility index (Phi) is 6.33. The normalized spacial score (nSPS) is 18.9. The van der Waals surface area contributed by atoms with Crippen molar-refractivity contribution < 1.29 is 9.47 Å². The average Bonchev–Trinajstić information content (AvgIpc) is 2.95. The Bertz CT molecular complexity index is 437. The molecule has 0 radical (unpaired) electrons. The minimum atomic E-state index is 0.654. The summed E-state index contributed by atoms with van der Waals surface area (Å²) in [6.07, 6.45) is 2.63. The summed E-state index contributed by atoms with van der Waals surface area (Å²) in [7, 11) is 1.71. The summed E-state index contributed by atoms with van der Waals surface area (Å²) in [6.45, 7) is 9.13. The number of ether oxygens (including phenoxy) is 2. The molecule has 0 aliphatic carbocycles. The van der Waals surface area contributed by atoms with Gasteiger partial charge in [-0.2, -0.15) is 0 Å². The van der Waals surface area contributed by atoms with Crippen molar-refractivity contribution in [2.24, 2.45) is 0 Å². The van der Waals surface area contributed by atoms with Gasteiger partial charge in [-0.05, 0) is 38.9 Å².